The summed E-state index contributed by atoms with van der Waals surface area (Å²) >= 11 is 0. The number of hydrogen-bond acceptors (Lipinski definition) is 3. The number of aromatic amines is 2. The molecule has 0 aliphatic rings. The zero-order valence-corrected chi connectivity index (χ0v) is 14.0. The minimum absolute atomic E-state index is 0.0515. The van der Waals surface area contributed by atoms with Crippen molar-refractivity contribution in [1.29, 1.82) is 0 Å². The summed E-state index contributed by atoms with van der Waals surface area (Å²) in [6.07, 6.45) is 0. The molecular weight excluding hydrogens is 342 g/mol. The maximum absolute atomic E-state index is 12.5. The molecule has 0 aliphatic heterocycles. The predicted octanol–water partition coefficient (Wildman–Crippen LogP) is 4.74. The fourth-order valence-electron chi connectivity index (χ4n) is 3.65. The molecule has 2 aromatic heterocycles. The van der Waals surface area contributed by atoms with Gasteiger partial charge in [0.05, 0.1) is 21.5 Å². The van der Waals surface area contributed by atoms with Crippen LogP contribution in [0.5, 0.6) is 0 Å². The van der Waals surface area contributed by atoms with Gasteiger partial charge in [-0.25, -0.2) is 0 Å². The summed E-state index contributed by atoms with van der Waals surface area (Å²) in [5.41, 5.74) is 3.57. The molecule has 0 spiro atoms. The average Bonchev–Trinajstić information content (AvgIpc) is 3.06. The molecule has 0 atom stereocenters. The Morgan fingerprint density at radius 2 is 1.48 bits per heavy atom. The lowest BCUT2D eigenvalue weighted by Gasteiger charge is -2.03. The predicted molar refractivity (Wildman–Crippen MR) is 106 cm³/mol. The number of fused-ring (bicyclic) bond motifs is 5. The van der Waals surface area contributed by atoms with Gasteiger partial charge >= 0.3 is 0 Å². The van der Waals surface area contributed by atoms with Crippen molar-refractivity contribution in [3.63, 3.8) is 0 Å². The van der Waals surface area contributed by atoms with E-state index in [0.717, 1.165) is 27.4 Å². The standard InChI is InChI=1S/C21H13N3O3/c25-21-15-7-2-1-6-14(15)19-20(23-21)16-11-12(9-10-17(16)22-19)13-5-3-4-8-18(13)24(26)27/h1-11,22H,(H,23,25). The van der Waals surface area contributed by atoms with E-state index < -0.39 is 0 Å². The summed E-state index contributed by atoms with van der Waals surface area (Å²) in [4.78, 5) is 29.8. The lowest BCUT2D eigenvalue weighted by Crippen LogP contribution is -2.05. The Morgan fingerprint density at radius 1 is 0.778 bits per heavy atom. The number of para-hydroxylation sites is 1. The minimum Gasteiger partial charge on any atom is -0.353 e. The van der Waals surface area contributed by atoms with Crippen LogP contribution in [-0.4, -0.2) is 14.9 Å². The van der Waals surface area contributed by atoms with Gasteiger partial charge in [-0.2, -0.15) is 0 Å². The smallest absolute Gasteiger partial charge is 0.277 e. The van der Waals surface area contributed by atoms with Crippen molar-refractivity contribution < 1.29 is 4.92 Å². The van der Waals surface area contributed by atoms with Crippen molar-refractivity contribution in [3.05, 3.63) is 87.2 Å². The highest BCUT2D eigenvalue weighted by atomic mass is 16.6. The van der Waals surface area contributed by atoms with Gasteiger partial charge in [0, 0.05) is 27.7 Å². The van der Waals surface area contributed by atoms with Crippen LogP contribution in [0.15, 0.2) is 71.5 Å². The van der Waals surface area contributed by atoms with Gasteiger partial charge in [0.2, 0.25) is 0 Å². The minimum atomic E-state index is -0.385. The SMILES string of the molecule is O=c1[nH]c2c3cc(-c4ccccc4[N+](=O)[O-])ccc3[nH]c2c2ccccc12. The first-order chi connectivity index (χ1) is 13.1. The highest BCUT2D eigenvalue weighted by molar-refractivity contribution is 6.15. The van der Waals surface area contributed by atoms with Crippen LogP contribution >= 0.6 is 0 Å². The molecule has 6 nitrogen and oxygen atoms in total. The number of rotatable bonds is 2. The van der Waals surface area contributed by atoms with Crippen molar-refractivity contribution in [1.82, 2.24) is 9.97 Å². The van der Waals surface area contributed by atoms with Gasteiger partial charge in [0.25, 0.3) is 11.2 Å². The van der Waals surface area contributed by atoms with Crippen LogP contribution < -0.4 is 5.56 Å². The first kappa shape index (κ1) is 15.3. The third-order valence-corrected chi connectivity index (χ3v) is 4.89. The van der Waals surface area contributed by atoms with Crippen LogP contribution in [0.1, 0.15) is 0 Å². The van der Waals surface area contributed by atoms with Gasteiger partial charge in [-0.05, 0) is 29.8 Å². The number of nitro benzene ring substituents is 1. The van der Waals surface area contributed by atoms with Gasteiger partial charge in [0.15, 0.2) is 0 Å². The molecule has 2 heterocycles. The maximum Gasteiger partial charge on any atom is 0.277 e. The van der Waals surface area contributed by atoms with Crippen LogP contribution in [0.3, 0.4) is 0 Å². The first-order valence-electron chi connectivity index (χ1n) is 8.44. The molecule has 0 amide bonds. The molecule has 130 valence electrons. The molecule has 0 radical (unpaired) electrons. The van der Waals surface area contributed by atoms with Gasteiger partial charge in [-0.1, -0.05) is 36.4 Å². The molecule has 0 aliphatic carbocycles. The maximum atomic E-state index is 12.5. The van der Waals surface area contributed by atoms with Crippen LogP contribution in [0.4, 0.5) is 5.69 Å². The summed E-state index contributed by atoms with van der Waals surface area (Å²) in [6.45, 7) is 0. The summed E-state index contributed by atoms with van der Waals surface area (Å²) < 4.78 is 0. The van der Waals surface area contributed by atoms with Crippen molar-refractivity contribution in [3.8, 4) is 11.1 Å². The summed E-state index contributed by atoms with van der Waals surface area (Å²) in [7, 11) is 0. The molecule has 3 aromatic carbocycles. The molecule has 0 fully saturated rings. The number of nitrogens with zero attached hydrogens (tertiary/aromatic N) is 1. The molecule has 6 heteroatoms. The number of aromatic nitrogens is 2. The third-order valence-electron chi connectivity index (χ3n) is 4.89. The zero-order valence-electron chi connectivity index (χ0n) is 14.0. The second-order valence-electron chi connectivity index (χ2n) is 6.41. The zero-order chi connectivity index (χ0) is 18.5. The van der Waals surface area contributed by atoms with E-state index in [0.29, 0.717) is 16.5 Å². The van der Waals surface area contributed by atoms with E-state index in [4.69, 9.17) is 0 Å². The van der Waals surface area contributed by atoms with Gasteiger partial charge in [-0.15, -0.1) is 0 Å². The molecule has 5 rings (SSSR count). The summed E-state index contributed by atoms with van der Waals surface area (Å²) in [6, 6.07) is 19.7. The van der Waals surface area contributed by atoms with E-state index in [1.807, 2.05) is 36.4 Å². The third kappa shape index (κ3) is 2.23. The van der Waals surface area contributed by atoms with Gasteiger partial charge < -0.3 is 9.97 Å². The summed E-state index contributed by atoms with van der Waals surface area (Å²) in [5.74, 6) is 0. The highest BCUT2D eigenvalue weighted by Crippen LogP contribution is 2.34. The van der Waals surface area contributed by atoms with E-state index >= 15 is 0 Å². The molecule has 0 bridgehead atoms. The van der Waals surface area contributed by atoms with E-state index in [2.05, 4.69) is 9.97 Å². The van der Waals surface area contributed by atoms with E-state index in [1.54, 1.807) is 24.3 Å². The van der Waals surface area contributed by atoms with Crippen LogP contribution in [0.2, 0.25) is 0 Å². The number of benzene rings is 3. The lowest BCUT2D eigenvalue weighted by molar-refractivity contribution is -0.384. The average molecular weight is 355 g/mol. The number of nitro groups is 1. The second kappa shape index (κ2) is 5.54. The Hall–Kier alpha value is -3.93. The monoisotopic (exact) mass is 355 g/mol. The molecule has 5 aromatic rings. The first-order valence-corrected chi connectivity index (χ1v) is 8.44. The van der Waals surface area contributed by atoms with Crippen molar-refractivity contribution in [2.24, 2.45) is 0 Å². The van der Waals surface area contributed by atoms with Crippen molar-refractivity contribution in [2.45, 2.75) is 0 Å². The Bertz CT molecular complexity index is 1430. The van der Waals surface area contributed by atoms with E-state index in [9.17, 15) is 14.9 Å². The number of H-pyrrole nitrogens is 2. The van der Waals surface area contributed by atoms with E-state index in [-0.39, 0.29) is 16.2 Å². The Labute approximate surface area is 152 Å². The van der Waals surface area contributed by atoms with Crippen LogP contribution in [-0.2, 0) is 0 Å². The Kier molecular flexibility index (Phi) is 3.14. The molecule has 2 N–H and O–H groups in total. The molecule has 27 heavy (non-hydrogen) atoms. The number of nitrogens with one attached hydrogen (secondary N) is 2. The van der Waals surface area contributed by atoms with Crippen molar-refractivity contribution in [2.75, 3.05) is 0 Å². The van der Waals surface area contributed by atoms with Crippen LogP contribution in [0.25, 0.3) is 43.8 Å². The lowest BCUT2D eigenvalue weighted by atomic mass is 10.0. The largest absolute Gasteiger partial charge is 0.353 e. The molecule has 0 unspecified atom stereocenters. The van der Waals surface area contributed by atoms with Gasteiger partial charge in [-0.3, -0.25) is 14.9 Å². The normalized spacial score (nSPS) is 11.4. The highest BCUT2D eigenvalue weighted by Gasteiger charge is 2.16. The van der Waals surface area contributed by atoms with Crippen molar-refractivity contribution >= 4 is 38.4 Å². The van der Waals surface area contributed by atoms with Gasteiger partial charge in [0.1, 0.15) is 0 Å². The fraction of sp³-hybridized carbons (Fsp3) is 0. The summed E-state index contributed by atoms with van der Waals surface area (Å²) in [5, 5.41) is 13.7. The molecule has 0 saturated carbocycles. The molecule has 0 saturated heterocycles. The van der Waals surface area contributed by atoms with E-state index in [1.165, 1.54) is 6.07 Å². The topological polar surface area (TPSA) is 91.8 Å². The quantitative estimate of drug-likeness (QED) is 0.354. The molecular formula is C21H13N3O3. The Balaban J connectivity index is 1.86. The van der Waals surface area contributed by atoms with Crippen LogP contribution in [0, 0.1) is 10.1 Å². The fourth-order valence-corrected chi connectivity index (χ4v) is 3.65. The number of pyridine rings is 1. The number of hydrogen-bond donors (Lipinski definition) is 2. The second-order valence-corrected chi connectivity index (χ2v) is 6.41. The Morgan fingerprint density at radius 3 is 2.30 bits per heavy atom.